The average Bonchev–Trinajstić information content (AvgIpc) is 2.15. The number of sulfone groups is 1. The van der Waals surface area contributed by atoms with Crippen LogP contribution in [0.5, 0.6) is 0 Å². The summed E-state index contributed by atoms with van der Waals surface area (Å²) in [5.41, 5.74) is 0. The maximum absolute atomic E-state index is 11.6. The molecule has 0 saturated carbocycles. The van der Waals surface area contributed by atoms with Crippen LogP contribution in [0, 0.1) is 0 Å². The first-order valence-electron chi connectivity index (χ1n) is 4.97. The van der Waals surface area contributed by atoms with Crippen molar-refractivity contribution >= 4 is 9.84 Å². The number of rotatable bonds is 9. The molecule has 0 spiro atoms. The van der Waals surface area contributed by atoms with E-state index in [1.165, 1.54) is 7.11 Å². The topological polar surface area (TPSA) is 64.6 Å². The summed E-state index contributed by atoms with van der Waals surface area (Å²) in [6.07, 6.45) is 0. The van der Waals surface area contributed by atoms with Crippen molar-refractivity contribution in [1.82, 2.24) is 5.32 Å². The number of nitrogens with one attached hydrogen (secondary N) is 1. The molecule has 0 aromatic carbocycles. The van der Waals surface area contributed by atoms with Crippen molar-refractivity contribution in [2.75, 3.05) is 45.5 Å². The summed E-state index contributed by atoms with van der Waals surface area (Å²) in [6, 6.07) is -0.137. The zero-order valence-electron chi connectivity index (χ0n) is 9.65. The number of ether oxygens (including phenoxy) is 2. The van der Waals surface area contributed by atoms with E-state index >= 15 is 0 Å². The fourth-order valence-electron chi connectivity index (χ4n) is 1.26. The van der Waals surface area contributed by atoms with E-state index in [1.54, 1.807) is 7.11 Å². The Morgan fingerprint density at radius 1 is 1.27 bits per heavy atom. The number of hydrogen-bond donors (Lipinski definition) is 1. The normalized spacial score (nSPS) is 14.1. The standard InChI is InChI=1S/C9H21NO4S/c1-4-10-9(7-14-3)8-15(11,12)6-5-13-2/h9-10H,4-8H2,1-3H3. The summed E-state index contributed by atoms with van der Waals surface area (Å²) in [5, 5.41) is 3.07. The van der Waals surface area contributed by atoms with Gasteiger partial charge in [-0.2, -0.15) is 0 Å². The van der Waals surface area contributed by atoms with E-state index in [4.69, 9.17) is 9.47 Å². The lowest BCUT2D eigenvalue weighted by Gasteiger charge is -2.16. The lowest BCUT2D eigenvalue weighted by atomic mass is 10.3. The van der Waals surface area contributed by atoms with Crippen LogP contribution >= 0.6 is 0 Å². The van der Waals surface area contributed by atoms with Crippen molar-refractivity contribution in [2.24, 2.45) is 0 Å². The third-order valence-electron chi connectivity index (χ3n) is 1.91. The molecule has 0 aliphatic heterocycles. The molecule has 1 unspecified atom stereocenters. The smallest absolute Gasteiger partial charge is 0.154 e. The molecule has 0 aromatic rings. The maximum atomic E-state index is 11.6. The second kappa shape index (κ2) is 8.04. The summed E-state index contributed by atoms with van der Waals surface area (Å²) in [6.45, 7) is 3.31. The van der Waals surface area contributed by atoms with Crippen LogP contribution in [-0.2, 0) is 19.3 Å². The highest BCUT2D eigenvalue weighted by Crippen LogP contribution is 1.96. The van der Waals surface area contributed by atoms with E-state index in [0.29, 0.717) is 6.61 Å². The van der Waals surface area contributed by atoms with Crippen LogP contribution in [0.2, 0.25) is 0 Å². The Morgan fingerprint density at radius 2 is 1.93 bits per heavy atom. The van der Waals surface area contributed by atoms with Crippen molar-refractivity contribution in [3.8, 4) is 0 Å². The molecule has 0 amide bonds. The SMILES string of the molecule is CCNC(COC)CS(=O)(=O)CCOC. The summed E-state index contributed by atoms with van der Waals surface area (Å²) in [4.78, 5) is 0. The molecule has 0 fully saturated rings. The molecule has 92 valence electrons. The molecular formula is C9H21NO4S. The average molecular weight is 239 g/mol. The largest absolute Gasteiger partial charge is 0.384 e. The van der Waals surface area contributed by atoms with Gasteiger partial charge >= 0.3 is 0 Å². The quantitative estimate of drug-likeness (QED) is 0.597. The van der Waals surface area contributed by atoms with Crippen LogP contribution in [-0.4, -0.2) is 59.9 Å². The molecule has 0 saturated heterocycles. The van der Waals surface area contributed by atoms with Crippen LogP contribution in [0.25, 0.3) is 0 Å². The van der Waals surface area contributed by atoms with Crippen LogP contribution in [0.4, 0.5) is 0 Å². The van der Waals surface area contributed by atoms with E-state index in [1.807, 2.05) is 6.92 Å². The van der Waals surface area contributed by atoms with Gasteiger partial charge in [0.2, 0.25) is 0 Å². The first-order chi connectivity index (χ1) is 7.05. The van der Waals surface area contributed by atoms with Crippen molar-refractivity contribution < 1.29 is 17.9 Å². The third kappa shape index (κ3) is 7.72. The molecule has 0 rings (SSSR count). The Kier molecular flexibility index (Phi) is 7.95. The van der Waals surface area contributed by atoms with E-state index in [2.05, 4.69) is 5.32 Å². The molecule has 0 radical (unpaired) electrons. The summed E-state index contributed by atoms with van der Waals surface area (Å²) < 4.78 is 32.8. The van der Waals surface area contributed by atoms with E-state index < -0.39 is 9.84 Å². The van der Waals surface area contributed by atoms with Crippen molar-refractivity contribution in [1.29, 1.82) is 0 Å². The monoisotopic (exact) mass is 239 g/mol. The zero-order valence-corrected chi connectivity index (χ0v) is 10.5. The molecule has 15 heavy (non-hydrogen) atoms. The van der Waals surface area contributed by atoms with Gasteiger partial charge in [0, 0.05) is 20.3 Å². The molecule has 1 atom stereocenters. The molecule has 0 heterocycles. The molecule has 1 N–H and O–H groups in total. The fourth-order valence-corrected chi connectivity index (χ4v) is 2.67. The van der Waals surface area contributed by atoms with Crippen LogP contribution < -0.4 is 5.32 Å². The molecule has 0 aromatic heterocycles. The van der Waals surface area contributed by atoms with Gasteiger partial charge in [0.05, 0.1) is 24.7 Å². The fraction of sp³-hybridized carbons (Fsp3) is 1.00. The highest BCUT2D eigenvalue weighted by molar-refractivity contribution is 7.91. The molecular weight excluding hydrogens is 218 g/mol. The first-order valence-corrected chi connectivity index (χ1v) is 6.79. The van der Waals surface area contributed by atoms with Crippen molar-refractivity contribution in [3.05, 3.63) is 0 Å². The number of likely N-dealkylation sites (N-methyl/N-ethyl adjacent to an activating group) is 1. The van der Waals surface area contributed by atoms with Crippen molar-refractivity contribution in [2.45, 2.75) is 13.0 Å². The van der Waals surface area contributed by atoms with Gasteiger partial charge in [-0.05, 0) is 6.54 Å². The lowest BCUT2D eigenvalue weighted by molar-refractivity contribution is 0.173. The predicted molar refractivity (Wildman–Crippen MR) is 59.9 cm³/mol. The third-order valence-corrected chi connectivity index (χ3v) is 3.61. The minimum absolute atomic E-state index is 0.0646. The van der Waals surface area contributed by atoms with Crippen LogP contribution in [0.3, 0.4) is 0 Å². The Hall–Kier alpha value is -0.170. The molecule has 0 aliphatic carbocycles. The van der Waals surface area contributed by atoms with E-state index in [9.17, 15) is 8.42 Å². The van der Waals surface area contributed by atoms with Gasteiger partial charge in [0.15, 0.2) is 9.84 Å². The van der Waals surface area contributed by atoms with Crippen molar-refractivity contribution in [3.63, 3.8) is 0 Å². The molecule has 5 nitrogen and oxygen atoms in total. The Bertz CT molecular complexity index is 234. The molecule has 6 heteroatoms. The molecule has 0 bridgehead atoms. The van der Waals surface area contributed by atoms with E-state index in [-0.39, 0.29) is 24.2 Å². The highest BCUT2D eigenvalue weighted by atomic mass is 32.2. The predicted octanol–water partition coefficient (Wildman–Crippen LogP) is -0.328. The second-order valence-electron chi connectivity index (χ2n) is 3.32. The van der Waals surface area contributed by atoms with Gasteiger partial charge in [-0.25, -0.2) is 8.42 Å². The summed E-state index contributed by atoms with van der Waals surface area (Å²) in [7, 11) is -0.000708. The van der Waals surface area contributed by atoms with Gasteiger partial charge in [0.1, 0.15) is 0 Å². The van der Waals surface area contributed by atoms with Gasteiger partial charge in [0.25, 0.3) is 0 Å². The summed E-state index contributed by atoms with van der Waals surface area (Å²) >= 11 is 0. The molecule has 0 aliphatic rings. The Labute approximate surface area is 92.1 Å². The van der Waals surface area contributed by atoms with Crippen LogP contribution in [0.15, 0.2) is 0 Å². The number of methoxy groups -OCH3 is 2. The lowest BCUT2D eigenvalue weighted by Crippen LogP contribution is -2.40. The van der Waals surface area contributed by atoms with Gasteiger partial charge in [-0.3, -0.25) is 0 Å². The Morgan fingerprint density at radius 3 is 2.40 bits per heavy atom. The van der Waals surface area contributed by atoms with Crippen LogP contribution in [0.1, 0.15) is 6.92 Å². The second-order valence-corrected chi connectivity index (χ2v) is 5.55. The van der Waals surface area contributed by atoms with Gasteiger partial charge in [-0.1, -0.05) is 6.92 Å². The summed E-state index contributed by atoms with van der Waals surface area (Å²) in [5.74, 6) is 0.160. The Balaban J connectivity index is 4.12. The van der Waals surface area contributed by atoms with Gasteiger partial charge < -0.3 is 14.8 Å². The minimum atomic E-state index is -3.05. The minimum Gasteiger partial charge on any atom is -0.384 e. The first kappa shape index (κ1) is 14.8. The van der Waals surface area contributed by atoms with Gasteiger partial charge in [-0.15, -0.1) is 0 Å². The van der Waals surface area contributed by atoms with E-state index in [0.717, 1.165) is 6.54 Å². The highest BCUT2D eigenvalue weighted by Gasteiger charge is 2.18. The maximum Gasteiger partial charge on any atom is 0.154 e. The number of hydrogen-bond acceptors (Lipinski definition) is 5. The zero-order chi connectivity index (χ0) is 11.7.